The van der Waals surface area contributed by atoms with Crippen LogP contribution in [0.5, 0.6) is 0 Å². The molecule has 1 aromatic rings. The molecule has 0 spiro atoms. The first-order valence-corrected chi connectivity index (χ1v) is 10.0. The third-order valence-electron chi connectivity index (χ3n) is 7.51. The second kappa shape index (κ2) is 6.42. The smallest absolute Gasteiger partial charge is 0.223 e. The molecule has 4 saturated carbocycles. The van der Waals surface area contributed by atoms with Gasteiger partial charge in [0.2, 0.25) is 5.91 Å². The average molecular weight is 341 g/mol. The summed E-state index contributed by atoms with van der Waals surface area (Å²) in [6.45, 7) is 2.96. The average Bonchev–Trinajstić information content (AvgIpc) is 2.60. The maximum atomic E-state index is 13.0. The Morgan fingerprint density at radius 1 is 1.12 bits per heavy atom. The first-order chi connectivity index (χ1) is 12.1. The highest BCUT2D eigenvalue weighted by Gasteiger charge is 2.61. The lowest BCUT2D eigenvalue weighted by Crippen LogP contribution is -2.61. The van der Waals surface area contributed by atoms with Crippen LogP contribution in [-0.2, 0) is 10.2 Å². The molecule has 4 aliphatic rings. The highest BCUT2D eigenvalue weighted by Crippen LogP contribution is 2.64. The zero-order valence-corrected chi connectivity index (χ0v) is 15.5. The minimum absolute atomic E-state index is 0.0204. The Labute approximate surface area is 151 Å². The first-order valence-electron chi connectivity index (χ1n) is 10.0. The second-order valence-electron chi connectivity index (χ2n) is 8.75. The predicted molar refractivity (Wildman–Crippen MR) is 99.1 cm³/mol. The Morgan fingerprint density at radius 3 is 2.20 bits per heavy atom. The summed E-state index contributed by atoms with van der Waals surface area (Å²) in [6.07, 6.45) is 5.91. The molecule has 1 aromatic carbocycles. The van der Waals surface area contributed by atoms with Crippen LogP contribution in [0.15, 0.2) is 30.3 Å². The van der Waals surface area contributed by atoms with E-state index in [1.165, 1.54) is 5.56 Å². The van der Waals surface area contributed by atoms with Gasteiger partial charge in [-0.3, -0.25) is 4.79 Å². The largest absolute Gasteiger partial charge is 0.393 e. The Kier molecular flexibility index (Phi) is 4.39. The van der Waals surface area contributed by atoms with Crippen LogP contribution in [0.2, 0.25) is 0 Å². The fraction of sp³-hybridized carbons (Fsp3) is 0.682. The molecule has 25 heavy (non-hydrogen) atoms. The molecule has 4 fully saturated rings. The van der Waals surface area contributed by atoms with Crippen LogP contribution >= 0.6 is 0 Å². The van der Waals surface area contributed by atoms with E-state index in [0.717, 1.165) is 38.6 Å². The number of carbonyl (C=O) groups is 1. The van der Waals surface area contributed by atoms with Gasteiger partial charge in [0.25, 0.3) is 0 Å². The second-order valence-corrected chi connectivity index (χ2v) is 8.75. The van der Waals surface area contributed by atoms with E-state index < -0.39 is 0 Å². The fourth-order valence-corrected chi connectivity index (χ4v) is 6.42. The van der Waals surface area contributed by atoms with Crippen LogP contribution in [0.1, 0.15) is 51.0 Å². The van der Waals surface area contributed by atoms with Gasteiger partial charge in [0.05, 0.1) is 6.10 Å². The normalized spacial score (nSPS) is 38.8. The summed E-state index contributed by atoms with van der Waals surface area (Å²) in [5, 5.41) is 10.5. The molecule has 0 atom stereocenters. The van der Waals surface area contributed by atoms with Crippen molar-refractivity contribution in [2.45, 2.75) is 57.0 Å². The fourth-order valence-electron chi connectivity index (χ4n) is 6.42. The number of aliphatic hydroxyl groups excluding tert-OH is 1. The van der Waals surface area contributed by atoms with Crippen molar-refractivity contribution in [3.63, 3.8) is 0 Å². The summed E-state index contributed by atoms with van der Waals surface area (Å²) in [4.78, 5) is 15.0. The summed E-state index contributed by atoms with van der Waals surface area (Å²) in [5.74, 6) is 2.30. The molecule has 0 aromatic heterocycles. The van der Waals surface area contributed by atoms with Crippen molar-refractivity contribution in [1.82, 2.24) is 4.90 Å². The Hall–Kier alpha value is -1.35. The van der Waals surface area contributed by atoms with E-state index in [1.54, 1.807) is 0 Å². The van der Waals surface area contributed by atoms with Gasteiger partial charge in [-0.25, -0.2) is 0 Å². The van der Waals surface area contributed by atoms with Gasteiger partial charge in [-0.2, -0.15) is 0 Å². The number of aliphatic hydroxyl groups is 1. The van der Waals surface area contributed by atoms with Crippen LogP contribution < -0.4 is 0 Å². The SMILES string of the molecule is CCCN(C)C(=O)CC1(c2ccccc2)C2CC3CC1CC(C2)C3O. The lowest BCUT2D eigenvalue weighted by Gasteiger charge is -2.63. The summed E-state index contributed by atoms with van der Waals surface area (Å²) in [7, 11) is 1.95. The van der Waals surface area contributed by atoms with Crippen LogP contribution in [0, 0.1) is 23.7 Å². The monoisotopic (exact) mass is 341 g/mol. The van der Waals surface area contributed by atoms with E-state index in [0.29, 0.717) is 36.0 Å². The molecule has 4 bridgehead atoms. The van der Waals surface area contributed by atoms with Gasteiger partial charge in [-0.05, 0) is 61.3 Å². The highest BCUT2D eigenvalue weighted by atomic mass is 16.3. The maximum Gasteiger partial charge on any atom is 0.223 e. The lowest BCUT2D eigenvalue weighted by molar-refractivity contribution is -0.152. The van der Waals surface area contributed by atoms with Gasteiger partial charge in [0, 0.05) is 25.4 Å². The van der Waals surface area contributed by atoms with Crippen molar-refractivity contribution >= 4 is 5.91 Å². The van der Waals surface area contributed by atoms with Gasteiger partial charge in [-0.1, -0.05) is 37.3 Å². The molecule has 3 heteroatoms. The standard InChI is InChI=1S/C22H31NO2/c1-3-9-23(2)20(24)14-22(17-7-5-4-6-8-17)18-10-15-11-19(22)13-16(12-18)21(15)25/h4-8,15-16,18-19,21,25H,3,9-14H2,1-2H3. The van der Waals surface area contributed by atoms with E-state index in [2.05, 4.69) is 37.3 Å². The third-order valence-corrected chi connectivity index (χ3v) is 7.51. The predicted octanol–water partition coefficient (Wildman–Crippen LogP) is 3.61. The summed E-state index contributed by atoms with van der Waals surface area (Å²) < 4.78 is 0. The highest BCUT2D eigenvalue weighted by molar-refractivity contribution is 5.78. The minimum Gasteiger partial charge on any atom is -0.393 e. The zero-order chi connectivity index (χ0) is 17.6. The molecule has 0 aliphatic heterocycles. The van der Waals surface area contributed by atoms with Crippen LogP contribution in [-0.4, -0.2) is 35.6 Å². The molecule has 0 radical (unpaired) electrons. The molecule has 1 N–H and O–H groups in total. The number of amides is 1. The van der Waals surface area contributed by atoms with E-state index in [4.69, 9.17) is 0 Å². The molecule has 0 heterocycles. The number of benzene rings is 1. The molecule has 0 saturated heterocycles. The molecule has 136 valence electrons. The lowest BCUT2D eigenvalue weighted by atomic mass is 9.42. The van der Waals surface area contributed by atoms with Crippen molar-refractivity contribution in [2.24, 2.45) is 23.7 Å². The Bertz CT molecular complexity index is 596. The van der Waals surface area contributed by atoms with Crippen LogP contribution in [0.3, 0.4) is 0 Å². The third kappa shape index (κ3) is 2.63. The quantitative estimate of drug-likeness (QED) is 0.889. The topological polar surface area (TPSA) is 40.5 Å². The van der Waals surface area contributed by atoms with Crippen LogP contribution in [0.4, 0.5) is 0 Å². The Morgan fingerprint density at radius 2 is 1.68 bits per heavy atom. The van der Waals surface area contributed by atoms with Crippen molar-refractivity contribution in [2.75, 3.05) is 13.6 Å². The molecule has 1 amide bonds. The molecular formula is C22H31NO2. The Balaban J connectivity index is 1.70. The van der Waals surface area contributed by atoms with Crippen LogP contribution in [0.25, 0.3) is 0 Å². The van der Waals surface area contributed by atoms with Gasteiger partial charge >= 0.3 is 0 Å². The number of rotatable bonds is 5. The molecule has 4 aliphatic carbocycles. The number of hydrogen-bond donors (Lipinski definition) is 1. The summed E-state index contributed by atoms with van der Waals surface area (Å²) in [6, 6.07) is 10.8. The van der Waals surface area contributed by atoms with E-state index >= 15 is 0 Å². The van der Waals surface area contributed by atoms with E-state index in [1.807, 2.05) is 11.9 Å². The van der Waals surface area contributed by atoms with E-state index in [9.17, 15) is 9.90 Å². The molecule has 5 rings (SSSR count). The maximum absolute atomic E-state index is 13.0. The van der Waals surface area contributed by atoms with Crippen molar-refractivity contribution in [3.05, 3.63) is 35.9 Å². The molecule has 0 unspecified atom stereocenters. The van der Waals surface area contributed by atoms with Crippen molar-refractivity contribution < 1.29 is 9.90 Å². The first kappa shape index (κ1) is 17.1. The zero-order valence-electron chi connectivity index (χ0n) is 15.5. The number of nitrogens with zero attached hydrogens (tertiary/aromatic N) is 1. The van der Waals surface area contributed by atoms with Gasteiger partial charge in [0.1, 0.15) is 0 Å². The number of carbonyl (C=O) groups excluding carboxylic acids is 1. The van der Waals surface area contributed by atoms with E-state index in [-0.39, 0.29) is 11.5 Å². The molecule has 3 nitrogen and oxygen atoms in total. The minimum atomic E-state index is -0.0975. The van der Waals surface area contributed by atoms with Gasteiger partial charge < -0.3 is 10.0 Å². The van der Waals surface area contributed by atoms with Crippen molar-refractivity contribution in [3.8, 4) is 0 Å². The van der Waals surface area contributed by atoms with Gasteiger partial charge in [-0.15, -0.1) is 0 Å². The van der Waals surface area contributed by atoms with Gasteiger partial charge in [0.15, 0.2) is 0 Å². The number of hydrogen-bond acceptors (Lipinski definition) is 2. The summed E-state index contributed by atoms with van der Waals surface area (Å²) in [5.41, 5.74) is 1.34. The van der Waals surface area contributed by atoms with Crippen molar-refractivity contribution in [1.29, 1.82) is 0 Å². The summed E-state index contributed by atoms with van der Waals surface area (Å²) >= 11 is 0. The molecular weight excluding hydrogens is 310 g/mol.